The minimum absolute atomic E-state index is 0.117. The molecule has 0 atom stereocenters. The molecule has 0 saturated heterocycles. The second-order valence-electron chi connectivity index (χ2n) is 3.35. The van der Waals surface area contributed by atoms with E-state index < -0.39 is 0 Å². The molecular formula is C12H15N3OS. The fraction of sp³-hybridized carbons (Fsp3) is 0.417. The van der Waals surface area contributed by atoms with Crippen LogP contribution in [0, 0.1) is 11.3 Å². The molecule has 0 aliphatic carbocycles. The van der Waals surface area contributed by atoms with Gasteiger partial charge in [-0.05, 0) is 26.0 Å². The lowest BCUT2D eigenvalue weighted by molar-refractivity contribution is -0.127. The molecule has 1 aromatic heterocycles. The monoisotopic (exact) mass is 249 g/mol. The molecule has 5 heteroatoms. The highest BCUT2D eigenvalue weighted by Gasteiger charge is 2.09. The van der Waals surface area contributed by atoms with Gasteiger partial charge in [0.15, 0.2) is 0 Å². The van der Waals surface area contributed by atoms with Crippen molar-refractivity contribution >= 4 is 17.7 Å². The molecule has 0 radical (unpaired) electrons. The lowest BCUT2D eigenvalue weighted by Gasteiger charge is -2.17. The molecule has 17 heavy (non-hydrogen) atoms. The maximum Gasteiger partial charge on any atom is 0.232 e. The van der Waals surface area contributed by atoms with Crippen molar-refractivity contribution in [3.8, 4) is 6.07 Å². The second-order valence-corrected chi connectivity index (χ2v) is 4.35. The summed E-state index contributed by atoms with van der Waals surface area (Å²) in [7, 11) is 0. The van der Waals surface area contributed by atoms with E-state index in [0.29, 0.717) is 11.3 Å². The summed E-state index contributed by atoms with van der Waals surface area (Å²) in [5.74, 6) is 0.506. The summed E-state index contributed by atoms with van der Waals surface area (Å²) in [6, 6.07) is 5.48. The van der Waals surface area contributed by atoms with Crippen LogP contribution in [0.4, 0.5) is 0 Å². The van der Waals surface area contributed by atoms with E-state index >= 15 is 0 Å². The van der Waals surface area contributed by atoms with Gasteiger partial charge in [-0.1, -0.05) is 11.8 Å². The molecule has 1 heterocycles. The lowest BCUT2D eigenvalue weighted by atomic mass is 10.3. The molecular weight excluding hydrogens is 234 g/mol. The summed E-state index contributed by atoms with van der Waals surface area (Å²) in [4.78, 5) is 17.6. The summed E-state index contributed by atoms with van der Waals surface area (Å²) >= 11 is 1.40. The van der Waals surface area contributed by atoms with E-state index in [4.69, 9.17) is 5.26 Å². The van der Waals surface area contributed by atoms with Gasteiger partial charge in [-0.15, -0.1) is 0 Å². The topological polar surface area (TPSA) is 57.0 Å². The summed E-state index contributed by atoms with van der Waals surface area (Å²) in [6.45, 7) is 5.39. The average molecular weight is 249 g/mol. The first kappa shape index (κ1) is 13.5. The maximum absolute atomic E-state index is 11.7. The maximum atomic E-state index is 11.7. The number of carbonyl (C=O) groups excluding carboxylic acids is 1. The lowest BCUT2D eigenvalue weighted by Crippen LogP contribution is -2.31. The van der Waals surface area contributed by atoms with Gasteiger partial charge in [0.05, 0.1) is 16.3 Å². The number of nitrogens with zero attached hydrogens (tertiary/aromatic N) is 3. The van der Waals surface area contributed by atoms with Crippen molar-refractivity contribution in [1.29, 1.82) is 5.26 Å². The van der Waals surface area contributed by atoms with E-state index in [1.165, 1.54) is 18.0 Å². The van der Waals surface area contributed by atoms with E-state index in [9.17, 15) is 4.79 Å². The van der Waals surface area contributed by atoms with Crippen LogP contribution in [0.1, 0.15) is 19.4 Å². The molecule has 0 saturated carbocycles. The number of amides is 1. The highest BCUT2D eigenvalue weighted by Crippen LogP contribution is 2.15. The molecule has 1 rings (SSSR count). The summed E-state index contributed by atoms with van der Waals surface area (Å²) in [6.07, 6.45) is 1.52. The van der Waals surface area contributed by atoms with Crippen LogP contribution in [0.15, 0.2) is 23.4 Å². The zero-order valence-electron chi connectivity index (χ0n) is 10.0. The molecule has 0 aliphatic heterocycles. The molecule has 0 unspecified atom stereocenters. The van der Waals surface area contributed by atoms with Crippen LogP contribution in [0.3, 0.4) is 0 Å². The van der Waals surface area contributed by atoms with E-state index in [1.54, 1.807) is 17.0 Å². The van der Waals surface area contributed by atoms with Gasteiger partial charge >= 0.3 is 0 Å². The Hall–Kier alpha value is -1.54. The molecule has 0 bridgehead atoms. The Labute approximate surface area is 106 Å². The smallest absolute Gasteiger partial charge is 0.232 e. The highest BCUT2D eigenvalue weighted by molar-refractivity contribution is 7.99. The van der Waals surface area contributed by atoms with Gasteiger partial charge in [0.25, 0.3) is 0 Å². The molecule has 0 fully saturated rings. The fourth-order valence-electron chi connectivity index (χ4n) is 1.34. The van der Waals surface area contributed by atoms with Gasteiger partial charge in [0.2, 0.25) is 5.91 Å². The van der Waals surface area contributed by atoms with Gasteiger partial charge in [0.1, 0.15) is 6.07 Å². The summed E-state index contributed by atoms with van der Waals surface area (Å²) < 4.78 is 0. The fourth-order valence-corrected chi connectivity index (χ4v) is 2.08. The Bertz CT molecular complexity index is 407. The van der Waals surface area contributed by atoms with Crippen molar-refractivity contribution < 1.29 is 4.79 Å². The van der Waals surface area contributed by atoms with Gasteiger partial charge in [0, 0.05) is 19.3 Å². The molecule has 0 spiro atoms. The molecule has 0 aliphatic rings. The molecule has 1 amide bonds. The zero-order chi connectivity index (χ0) is 12.7. The third kappa shape index (κ3) is 4.08. The number of carbonyl (C=O) groups is 1. The average Bonchev–Trinajstić information content (AvgIpc) is 2.38. The molecule has 4 nitrogen and oxygen atoms in total. The zero-order valence-corrected chi connectivity index (χ0v) is 10.8. The normalized spacial score (nSPS) is 9.71. The van der Waals surface area contributed by atoms with E-state index in [-0.39, 0.29) is 5.91 Å². The minimum atomic E-state index is 0.117. The Balaban J connectivity index is 2.50. The number of hydrogen-bond acceptors (Lipinski definition) is 4. The number of nitriles is 1. The van der Waals surface area contributed by atoms with Crippen molar-refractivity contribution in [2.24, 2.45) is 0 Å². The number of hydrogen-bond donors (Lipinski definition) is 0. The number of pyridine rings is 1. The highest BCUT2D eigenvalue weighted by atomic mass is 32.2. The Morgan fingerprint density at radius 3 is 2.65 bits per heavy atom. The summed E-state index contributed by atoms with van der Waals surface area (Å²) in [5.41, 5.74) is 0.532. The van der Waals surface area contributed by atoms with Gasteiger partial charge in [-0.2, -0.15) is 5.26 Å². The minimum Gasteiger partial charge on any atom is -0.343 e. The molecule has 0 aromatic carbocycles. The Kier molecular flexibility index (Phi) is 5.50. The predicted molar refractivity (Wildman–Crippen MR) is 67.6 cm³/mol. The van der Waals surface area contributed by atoms with Crippen molar-refractivity contribution in [2.45, 2.75) is 18.9 Å². The SMILES string of the molecule is CCN(CC)C(=O)CSc1ccc(C#N)cn1. The first-order valence-corrected chi connectivity index (χ1v) is 6.46. The number of rotatable bonds is 5. The third-order valence-corrected chi connectivity index (χ3v) is 3.25. The van der Waals surface area contributed by atoms with Crippen molar-refractivity contribution in [3.63, 3.8) is 0 Å². The number of aromatic nitrogens is 1. The van der Waals surface area contributed by atoms with Gasteiger partial charge in [-0.25, -0.2) is 4.98 Å². The van der Waals surface area contributed by atoms with Crippen LogP contribution < -0.4 is 0 Å². The van der Waals surface area contributed by atoms with Gasteiger partial charge < -0.3 is 4.90 Å². The van der Waals surface area contributed by atoms with Crippen molar-refractivity contribution in [3.05, 3.63) is 23.9 Å². The standard InChI is InChI=1S/C12H15N3OS/c1-3-15(4-2)12(16)9-17-11-6-5-10(7-13)8-14-11/h5-6,8H,3-4,9H2,1-2H3. The van der Waals surface area contributed by atoms with E-state index in [0.717, 1.165) is 18.1 Å². The van der Waals surface area contributed by atoms with E-state index in [2.05, 4.69) is 4.98 Å². The van der Waals surface area contributed by atoms with E-state index in [1.807, 2.05) is 19.9 Å². The van der Waals surface area contributed by atoms with Crippen LogP contribution in [0.25, 0.3) is 0 Å². The van der Waals surface area contributed by atoms with Crippen LogP contribution in [0.5, 0.6) is 0 Å². The van der Waals surface area contributed by atoms with Gasteiger partial charge in [-0.3, -0.25) is 4.79 Å². The van der Waals surface area contributed by atoms with Crippen LogP contribution in [0.2, 0.25) is 0 Å². The van der Waals surface area contributed by atoms with Crippen LogP contribution >= 0.6 is 11.8 Å². The Morgan fingerprint density at radius 1 is 1.47 bits per heavy atom. The predicted octanol–water partition coefficient (Wildman–Crippen LogP) is 1.91. The summed E-state index contributed by atoms with van der Waals surface area (Å²) in [5, 5.41) is 9.39. The van der Waals surface area contributed by atoms with Crippen molar-refractivity contribution in [2.75, 3.05) is 18.8 Å². The largest absolute Gasteiger partial charge is 0.343 e. The van der Waals surface area contributed by atoms with Crippen LogP contribution in [-0.4, -0.2) is 34.6 Å². The van der Waals surface area contributed by atoms with Crippen LogP contribution in [-0.2, 0) is 4.79 Å². The quantitative estimate of drug-likeness (QED) is 0.748. The molecule has 90 valence electrons. The molecule has 1 aromatic rings. The number of thioether (sulfide) groups is 1. The molecule has 0 N–H and O–H groups in total. The van der Waals surface area contributed by atoms with Crippen molar-refractivity contribution in [1.82, 2.24) is 9.88 Å². The second kappa shape index (κ2) is 6.92. The first-order valence-electron chi connectivity index (χ1n) is 5.48. The Morgan fingerprint density at radius 2 is 2.18 bits per heavy atom. The first-order chi connectivity index (χ1) is 8.21. The third-order valence-electron chi connectivity index (χ3n) is 2.33.